The predicted molar refractivity (Wildman–Crippen MR) is 93.5 cm³/mol. The highest BCUT2D eigenvalue weighted by atomic mass is 35.5. The number of nitro benzene ring substituents is 1. The molecule has 114 valence electrons. The number of nitro groups is 1. The third-order valence-electron chi connectivity index (χ3n) is 3.50. The van der Waals surface area contributed by atoms with Crippen LogP contribution in [0, 0.1) is 17.0 Å². The minimum Gasteiger partial charge on any atom is -0.258 e. The quantitative estimate of drug-likeness (QED) is 0.374. The van der Waals surface area contributed by atoms with Gasteiger partial charge in [0.1, 0.15) is 5.15 Å². The maximum atomic E-state index is 10.8. The first-order valence-electron chi connectivity index (χ1n) is 7.02. The van der Waals surface area contributed by atoms with Gasteiger partial charge in [-0.1, -0.05) is 47.5 Å². The Labute approximate surface area is 138 Å². The van der Waals surface area contributed by atoms with E-state index in [-0.39, 0.29) is 5.69 Å². The SMILES string of the molecule is Cc1ccc2nc(Cl)cc(/C=C/c3cccc([N+](=O)[O-])c3)c2c1. The Balaban J connectivity index is 2.05. The van der Waals surface area contributed by atoms with Gasteiger partial charge in [0, 0.05) is 17.5 Å². The highest BCUT2D eigenvalue weighted by Crippen LogP contribution is 2.24. The Morgan fingerprint density at radius 3 is 2.74 bits per heavy atom. The topological polar surface area (TPSA) is 56.0 Å². The third kappa shape index (κ3) is 3.38. The fourth-order valence-electron chi connectivity index (χ4n) is 2.40. The molecule has 0 bridgehead atoms. The average Bonchev–Trinajstić information content (AvgIpc) is 2.53. The summed E-state index contributed by atoms with van der Waals surface area (Å²) in [4.78, 5) is 14.7. The van der Waals surface area contributed by atoms with E-state index in [0.717, 1.165) is 27.6 Å². The van der Waals surface area contributed by atoms with E-state index in [9.17, 15) is 10.1 Å². The van der Waals surface area contributed by atoms with Crippen molar-refractivity contribution in [2.45, 2.75) is 6.92 Å². The molecule has 5 heteroatoms. The standard InChI is InChI=1S/C18H13ClN2O2/c1-12-5-8-17-16(9-12)14(11-18(19)20-17)7-6-13-3-2-4-15(10-13)21(22)23/h2-11H,1H3/b7-6+. The molecule has 0 saturated carbocycles. The summed E-state index contributed by atoms with van der Waals surface area (Å²) in [5.74, 6) is 0. The number of aryl methyl sites for hydroxylation is 1. The lowest BCUT2D eigenvalue weighted by molar-refractivity contribution is -0.384. The Bertz CT molecular complexity index is 935. The van der Waals surface area contributed by atoms with Gasteiger partial charge in [-0.2, -0.15) is 0 Å². The number of pyridine rings is 1. The molecule has 0 spiro atoms. The van der Waals surface area contributed by atoms with Crippen molar-refractivity contribution in [2.75, 3.05) is 0 Å². The zero-order valence-electron chi connectivity index (χ0n) is 12.4. The number of benzene rings is 2. The Kier molecular flexibility index (Phi) is 4.08. The smallest absolute Gasteiger partial charge is 0.258 e. The number of hydrogen-bond acceptors (Lipinski definition) is 3. The molecule has 3 aromatic rings. The van der Waals surface area contributed by atoms with E-state index in [1.165, 1.54) is 12.1 Å². The maximum absolute atomic E-state index is 10.8. The number of halogens is 1. The van der Waals surface area contributed by atoms with Crippen molar-refractivity contribution in [3.05, 3.63) is 80.5 Å². The molecular weight excluding hydrogens is 312 g/mol. The van der Waals surface area contributed by atoms with Gasteiger partial charge in [-0.05, 0) is 36.2 Å². The summed E-state index contributed by atoms with van der Waals surface area (Å²) < 4.78 is 0. The third-order valence-corrected chi connectivity index (χ3v) is 3.69. The minimum absolute atomic E-state index is 0.0700. The highest BCUT2D eigenvalue weighted by molar-refractivity contribution is 6.30. The first-order chi connectivity index (χ1) is 11.0. The van der Waals surface area contributed by atoms with Crippen LogP contribution >= 0.6 is 11.6 Å². The number of aromatic nitrogens is 1. The molecule has 1 heterocycles. The largest absolute Gasteiger partial charge is 0.270 e. The molecule has 0 fully saturated rings. The van der Waals surface area contributed by atoms with E-state index in [0.29, 0.717) is 5.15 Å². The second kappa shape index (κ2) is 6.18. The summed E-state index contributed by atoms with van der Waals surface area (Å²) in [7, 11) is 0. The first kappa shape index (κ1) is 15.2. The summed E-state index contributed by atoms with van der Waals surface area (Å²) in [5.41, 5.74) is 3.71. The zero-order valence-corrected chi connectivity index (χ0v) is 13.1. The number of hydrogen-bond donors (Lipinski definition) is 0. The van der Waals surface area contributed by atoms with Crippen LogP contribution in [0.5, 0.6) is 0 Å². The molecule has 0 saturated heterocycles. The fourth-order valence-corrected chi connectivity index (χ4v) is 2.61. The Hall–Kier alpha value is -2.72. The van der Waals surface area contributed by atoms with Gasteiger partial charge in [0.25, 0.3) is 5.69 Å². The van der Waals surface area contributed by atoms with Gasteiger partial charge in [0.05, 0.1) is 10.4 Å². The summed E-state index contributed by atoms with van der Waals surface area (Å²) in [6.07, 6.45) is 3.73. The summed E-state index contributed by atoms with van der Waals surface area (Å²) in [6.45, 7) is 2.02. The van der Waals surface area contributed by atoms with Crippen LogP contribution in [0.3, 0.4) is 0 Å². The van der Waals surface area contributed by atoms with Gasteiger partial charge in [-0.3, -0.25) is 10.1 Å². The van der Waals surface area contributed by atoms with Gasteiger partial charge in [0.15, 0.2) is 0 Å². The lowest BCUT2D eigenvalue weighted by Crippen LogP contribution is -1.88. The lowest BCUT2D eigenvalue weighted by Gasteiger charge is -2.04. The van der Waals surface area contributed by atoms with Gasteiger partial charge >= 0.3 is 0 Å². The van der Waals surface area contributed by atoms with Crippen LogP contribution in [0.2, 0.25) is 5.15 Å². The monoisotopic (exact) mass is 324 g/mol. The molecule has 0 unspecified atom stereocenters. The van der Waals surface area contributed by atoms with Crippen molar-refractivity contribution in [3.8, 4) is 0 Å². The van der Waals surface area contributed by atoms with E-state index in [1.807, 2.05) is 43.3 Å². The predicted octanol–water partition coefficient (Wildman–Crippen LogP) is 5.28. The number of rotatable bonds is 3. The van der Waals surface area contributed by atoms with Crippen LogP contribution in [0.25, 0.3) is 23.1 Å². The van der Waals surface area contributed by atoms with Crippen molar-refractivity contribution >= 4 is 40.3 Å². The van der Waals surface area contributed by atoms with E-state index >= 15 is 0 Å². The van der Waals surface area contributed by atoms with Gasteiger partial charge < -0.3 is 0 Å². The van der Waals surface area contributed by atoms with Crippen molar-refractivity contribution < 1.29 is 4.92 Å². The summed E-state index contributed by atoms with van der Waals surface area (Å²) >= 11 is 6.08. The van der Waals surface area contributed by atoms with Crippen LogP contribution in [0.4, 0.5) is 5.69 Å². The normalized spacial score (nSPS) is 11.2. The van der Waals surface area contributed by atoms with E-state index in [1.54, 1.807) is 12.1 Å². The zero-order chi connectivity index (χ0) is 16.4. The molecule has 0 radical (unpaired) electrons. The van der Waals surface area contributed by atoms with Crippen molar-refractivity contribution in [1.29, 1.82) is 0 Å². The number of fused-ring (bicyclic) bond motifs is 1. The fraction of sp³-hybridized carbons (Fsp3) is 0.0556. The van der Waals surface area contributed by atoms with Crippen LogP contribution < -0.4 is 0 Å². The van der Waals surface area contributed by atoms with Gasteiger partial charge in [-0.25, -0.2) is 4.98 Å². The molecule has 4 nitrogen and oxygen atoms in total. The molecule has 0 aliphatic rings. The number of nitrogens with zero attached hydrogens (tertiary/aromatic N) is 2. The second-order valence-corrected chi connectivity index (χ2v) is 5.63. The minimum atomic E-state index is -0.403. The van der Waals surface area contributed by atoms with E-state index < -0.39 is 4.92 Å². The van der Waals surface area contributed by atoms with Gasteiger partial charge in [0.2, 0.25) is 0 Å². The van der Waals surface area contributed by atoms with Gasteiger partial charge in [-0.15, -0.1) is 0 Å². The summed E-state index contributed by atoms with van der Waals surface area (Å²) in [6, 6.07) is 14.2. The molecule has 0 N–H and O–H groups in total. The number of non-ortho nitro benzene ring substituents is 1. The van der Waals surface area contributed by atoms with Crippen LogP contribution in [0.1, 0.15) is 16.7 Å². The molecule has 0 atom stereocenters. The first-order valence-corrected chi connectivity index (χ1v) is 7.40. The van der Waals surface area contributed by atoms with E-state index in [4.69, 9.17) is 11.6 Å². The second-order valence-electron chi connectivity index (χ2n) is 5.24. The summed E-state index contributed by atoms with van der Waals surface area (Å²) in [5, 5.41) is 12.3. The molecule has 23 heavy (non-hydrogen) atoms. The van der Waals surface area contributed by atoms with Crippen molar-refractivity contribution in [2.24, 2.45) is 0 Å². The van der Waals surface area contributed by atoms with Crippen LogP contribution in [-0.2, 0) is 0 Å². The molecule has 0 amide bonds. The Morgan fingerprint density at radius 1 is 1.13 bits per heavy atom. The molecule has 2 aromatic carbocycles. The molecule has 0 aliphatic heterocycles. The Morgan fingerprint density at radius 2 is 1.96 bits per heavy atom. The molecule has 1 aromatic heterocycles. The maximum Gasteiger partial charge on any atom is 0.270 e. The highest BCUT2D eigenvalue weighted by Gasteiger charge is 2.05. The molecule has 0 aliphatic carbocycles. The average molecular weight is 325 g/mol. The van der Waals surface area contributed by atoms with Crippen LogP contribution in [-0.4, -0.2) is 9.91 Å². The van der Waals surface area contributed by atoms with Crippen LogP contribution in [0.15, 0.2) is 48.5 Å². The van der Waals surface area contributed by atoms with Crippen molar-refractivity contribution in [3.63, 3.8) is 0 Å². The van der Waals surface area contributed by atoms with E-state index in [2.05, 4.69) is 4.98 Å². The molecule has 3 rings (SSSR count). The lowest BCUT2D eigenvalue weighted by atomic mass is 10.1. The van der Waals surface area contributed by atoms with Crippen molar-refractivity contribution in [1.82, 2.24) is 4.98 Å². The molecular formula is C18H13ClN2O2.